The van der Waals surface area contributed by atoms with Crippen LogP contribution in [0.4, 0.5) is 5.69 Å². The minimum atomic E-state index is -0.737. The molecule has 1 amide bonds. The molecule has 7 nitrogen and oxygen atoms in total. The highest BCUT2D eigenvalue weighted by atomic mass is 16.5. The number of ether oxygens (including phenoxy) is 3. The summed E-state index contributed by atoms with van der Waals surface area (Å²) >= 11 is 0. The van der Waals surface area contributed by atoms with Crippen molar-refractivity contribution in [2.75, 3.05) is 32.3 Å². The molecule has 2 fully saturated rings. The van der Waals surface area contributed by atoms with Gasteiger partial charge < -0.3 is 24.2 Å². The predicted octanol–water partition coefficient (Wildman–Crippen LogP) is 4.08. The topological polar surface area (TPSA) is 85.3 Å². The smallest absolute Gasteiger partial charge is 0.341 e. The predicted molar refractivity (Wildman–Crippen MR) is 124 cm³/mol. The third-order valence-electron chi connectivity index (χ3n) is 6.67. The summed E-state index contributed by atoms with van der Waals surface area (Å²) in [6.07, 6.45) is 5.18. The first-order valence-corrected chi connectivity index (χ1v) is 11.4. The van der Waals surface area contributed by atoms with Crippen molar-refractivity contribution in [3.63, 3.8) is 0 Å². The lowest BCUT2D eigenvalue weighted by atomic mass is 9.85. The van der Waals surface area contributed by atoms with E-state index in [4.69, 9.17) is 14.2 Å². The summed E-state index contributed by atoms with van der Waals surface area (Å²) in [6, 6.07) is 12.8. The number of hydrogen-bond acceptors (Lipinski definition) is 6. The highest BCUT2D eigenvalue weighted by molar-refractivity contribution is 5.97. The van der Waals surface area contributed by atoms with Crippen LogP contribution in [0.25, 0.3) is 0 Å². The number of aliphatic hydroxyl groups is 1. The maximum atomic E-state index is 12.7. The molecule has 1 N–H and O–H groups in total. The van der Waals surface area contributed by atoms with Gasteiger partial charge in [-0.15, -0.1) is 0 Å². The third-order valence-corrected chi connectivity index (χ3v) is 6.67. The lowest BCUT2D eigenvalue weighted by molar-refractivity contribution is -0.117. The molecule has 2 aliphatic rings. The minimum absolute atomic E-state index is 0.00503. The average molecular weight is 454 g/mol. The van der Waals surface area contributed by atoms with Gasteiger partial charge in [-0.05, 0) is 54.8 Å². The number of anilines is 1. The molecule has 0 radical (unpaired) electrons. The van der Waals surface area contributed by atoms with Gasteiger partial charge in [-0.3, -0.25) is 4.79 Å². The van der Waals surface area contributed by atoms with E-state index in [-0.39, 0.29) is 11.8 Å². The second-order valence-corrected chi connectivity index (χ2v) is 8.92. The Labute approximate surface area is 194 Å². The van der Waals surface area contributed by atoms with Crippen LogP contribution in [0.15, 0.2) is 42.5 Å². The van der Waals surface area contributed by atoms with Gasteiger partial charge in [0.25, 0.3) is 0 Å². The summed E-state index contributed by atoms with van der Waals surface area (Å²) in [4.78, 5) is 26.4. The fourth-order valence-electron chi connectivity index (χ4n) is 4.71. The third kappa shape index (κ3) is 5.14. The Morgan fingerprint density at radius 1 is 1.09 bits per heavy atom. The van der Waals surface area contributed by atoms with Crippen molar-refractivity contribution in [2.24, 2.45) is 0 Å². The van der Waals surface area contributed by atoms with Gasteiger partial charge >= 0.3 is 5.97 Å². The summed E-state index contributed by atoms with van der Waals surface area (Å²) < 4.78 is 16.0. The number of methoxy groups -OCH3 is 2. The maximum absolute atomic E-state index is 12.7. The van der Waals surface area contributed by atoms with Crippen molar-refractivity contribution in [1.29, 1.82) is 0 Å². The average Bonchev–Trinajstić information content (AvgIpc) is 3.24. The molecule has 2 aromatic carbocycles. The largest absolute Gasteiger partial charge is 0.496 e. The van der Waals surface area contributed by atoms with Crippen LogP contribution in [-0.2, 0) is 9.53 Å². The van der Waals surface area contributed by atoms with Crippen LogP contribution in [0.1, 0.15) is 60.4 Å². The second-order valence-electron chi connectivity index (χ2n) is 8.92. The number of nitrogens with zero attached hydrogens (tertiary/aromatic N) is 1. The van der Waals surface area contributed by atoms with Gasteiger partial charge in [0.1, 0.15) is 23.7 Å². The summed E-state index contributed by atoms with van der Waals surface area (Å²) in [5, 5.41) is 10.6. The van der Waals surface area contributed by atoms with Gasteiger partial charge in [-0.1, -0.05) is 25.3 Å². The zero-order chi connectivity index (χ0) is 23.4. The van der Waals surface area contributed by atoms with Crippen LogP contribution in [-0.4, -0.2) is 50.0 Å². The molecule has 1 unspecified atom stereocenters. The van der Waals surface area contributed by atoms with E-state index in [1.54, 1.807) is 17.0 Å². The van der Waals surface area contributed by atoms with Crippen LogP contribution in [0.3, 0.4) is 0 Å². The maximum Gasteiger partial charge on any atom is 0.341 e. The van der Waals surface area contributed by atoms with Gasteiger partial charge in [-0.25, -0.2) is 4.79 Å². The molecule has 2 aromatic rings. The second kappa shape index (κ2) is 9.83. The van der Waals surface area contributed by atoms with Crippen LogP contribution in [0.2, 0.25) is 0 Å². The molecular weight excluding hydrogens is 422 g/mol. The van der Waals surface area contributed by atoms with Gasteiger partial charge in [0, 0.05) is 24.6 Å². The van der Waals surface area contributed by atoms with E-state index in [0.717, 1.165) is 36.9 Å². The van der Waals surface area contributed by atoms with E-state index in [0.29, 0.717) is 36.6 Å². The Hall–Kier alpha value is -3.06. The van der Waals surface area contributed by atoms with E-state index in [2.05, 4.69) is 0 Å². The van der Waals surface area contributed by atoms with Crippen molar-refractivity contribution in [3.05, 3.63) is 53.6 Å². The number of carbonyl (C=O) groups excluding carboxylic acids is 2. The number of rotatable bonds is 7. The number of hydrogen-bond donors (Lipinski definition) is 1. The lowest BCUT2D eigenvalue weighted by Gasteiger charge is -2.31. The van der Waals surface area contributed by atoms with E-state index in [1.165, 1.54) is 20.6 Å². The van der Waals surface area contributed by atoms with Gasteiger partial charge in [0.05, 0.1) is 19.8 Å². The molecule has 1 aliphatic carbocycles. The summed E-state index contributed by atoms with van der Waals surface area (Å²) in [7, 11) is 2.84. The van der Waals surface area contributed by atoms with Crippen molar-refractivity contribution in [1.82, 2.24) is 0 Å². The molecule has 1 aliphatic heterocycles. The zero-order valence-corrected chi connectivity index (χ0v) is 19.2. The van der Waals surface area contributed by atoms with E-state index in [1.807, 2.05) is 30.3 Å². The van der Waals surface area contributed by atoms with Gasteiger partial charge in [0.2, 0.25) is 5.91 Å². The Balaban J connectivity index is 1.41. The van der Waals surface area contributed by atoms with Crippen molar-refractivity contribution in [2.45, 2.75) is 50.0 Å². The number of benzene rings is 2. The Morgan fingerprint density at radius 3 is 2.48 bits per heavy atom. The highest BCUT2D eigenvalue weighted by Gasteiger charge is 2.33. The fraction of sp³-hybridized carbons (Fsp3) is 0.462. The minimum Gasteiger partial charge on any atom is -0.496 e. The normalized spacial score (nSPS) is 19.9. The molecule has 33 heavy (non-hydrogen) atoms. The van der Waals surface area contributed by atoms with Gasteiger partial charge in [0.15, 0.2) is 0 Å². The molecule has 7 heteroatoms. The Bertz CT molecular complexity index is 996. The van der Waals surface area contributed by atoms with Gasteiger partial charge in [-0.2, -0.15) is 0 Å². The standard InChI is InChI=1S/C26H31NO6/c1-31-23-14-18(6-11-22(23)25(29)32-2)19-15-24(28)27(16-19)20-7-9-21(10-8-20)33-17-26(30)12-4-3-5-13-26/h6-11,14,19,30H,3-5,12-13,15-17H2,1-2H3. The van der Waals surface area contributed by atoms with Crippen molar-refractivity contribution >= 4 is 17.6 Å². The monoisotopic (exact) mass is 453 g/mol. The molecular formula is C26H31NO6. The number of amides is 1. The fourth-order valence-corrected chi connectivity index (χ4v) is 4.71. The van der Waals surface area contributed by atoms with Crippen LogP contribution < -0.4 is 14.4 Å². The lowest BCUT2D eigenvalue weighted by Crippen LogP contribution is -2.37. The first-order chi connectivity index (χ1) is 15.9. The van der Waals surface area contributed by atoms with Crippen molar-refractivity contribution in [3.8, 4) is 11.5 Å². The molecule has 1 saturated heterocycles. The van der Waals surface area contributed by atoms with E-state index in [9.17, 15) is 14.7 Å². The molecule has 4 rings (SSSR count). The SMILES string of the molecule is COC(=O)c1ccc(C2CC(=O)N(c3ccc(OCC4(O)CCCCC4)cc3)C2)cc1OC. The van der Waals surface area contributed by atoms with Crippen LogP contribution in [0.5, 0.6) is 11.5 Å². The van der Waals surface area contributed by atoms with Crippen LogP contribution >= 0.6 is 0 Å². The summed E-state index contributed by atoms with van der Waals surface area (Å²) in [5.41, 5.74) is 1.37. The highest BCUT2D eigenvalue weighted by Crippen LogP contribution is 2.35. The van der Waals surface area contributed by atoms with E-state index < -0.39 is 11.6 Å². The van der Waals surface area contributed by atoms with Crippen molar-refractivity contribution < 1.29 is 28.9 Å². The van der Waals surface area contributed by atoms with E-state index >= 15 is 0 Å². The number of esters is 1. The molecule has 1 saturated carbocycles. The molecule has 1 heterocycles. The zero-order valence-electron chi connectivity index (χ0n) is 19.2. The molecule has 176 valence electrons. The number of carbonyl (C=O) groups is 2. The molecule has 0 aromatic heterocycles. The quantitative estimate of drug-likeness (QED) is 0.636. The Kier molecular flexibility index (Phi) is 6.88. The molecule has 0 bridgehead atoms. The summed E-state index contributed by atoms with van der Waals surface area (Å²) in [5.74, 6) is 0.701. The van der Waals surface area contributed by atoms with Crippen LogP contribution in [0, 0.1) is 0 Å². The first-order valence-electron chi connectivity index (χ1n) is 11.4. The Morgan fingerprint density at radius 2 is 1.82 bits per heavy atom. The summed E-state index contributed by atoms with van der Waals surface area (Å²) in [6.45, 7) is 0.833. The molecule has 1 atom stereocenters. The first kappa shape index (κ1) is 23.1. The molecule has 0 spiro atoms.